The third-order valence-corrected chi connectivity index (χ3v) is 3.96. The van der Waals surface area contributed by atoms with Gasteiger partial charge in [-0.3, -0.25) is 9.78 Å². The molecule has 3 aromatic heterocycles. The number of benzene rings is 1. The van der Waals surface area contributed by atoms with Gasteiger partial charge in [0.2, 0.25) is 0 Å². The molecule has 0 aliphatic heterocycles. The van der Waals surface area contributed by atoms with Crippen molar-refractivity contribution in [2.45, 2.75) is 6.92 Å². The van der Waals surface area contributed by atoms with E-state index < -0.39 is 0 Å². The van der Waals surface area contributed by atoms with E-state index in [1.807, 2.05) is 25.1 Å². The molecule has 1 aromatic carbocycles. The Morgan fingerprint density at radius 2 is 2.12 bits per heavy atom. The number of nitrogens with one attached hydrogen (secondary N) is 4. The van der Waals surface area contributed by atoms with Gasteiger partial charge >= 0.3 is 5.69 Å². The van der Waals surface area contributed by atoms with Crippen LogP contribution in [0.25, 0.3) is 22.4 Å². The van der Waals surface area contributed by atoms with Crippen LogP contribution < -0.4 is 11.0 Å². The van der Waals surface area contributed by atoms with Crippen molar-refractivity contribution in [3.8, 4) is 11.4 Å². The second-order valence-electron chi connectivity index (χ2n) is 5.61. The topological polar surface area (TPSA) is 119 Å². The number of carbonyl (C=O) groups excluding carboxylic acids is 1. The molecule has 0 bridgehead atoms. The smallest absolute Gasteiger partial charge is 0.340 e. The zero-order valence-corrected chi connectivity index (χ0v) is 13.3. The lowest BCUT2D eigenvalue weighted by Gasteiger charge is -2.09. The third-order valence-electron chi connectivity index (χ3n) is 3.96. The molecule has 1 amide bonds. The number of aryl methyl sites for hydroxylation is 1. The molecule has 0 atom stereocenters. The average molecular weight is 334 g/mol. The van der Waals surface area contributed by atoms with Gasteiger partial charge in [-0.1, -0.05) is 12.1 Å². The van der Waals surface area contributed by atoms with Crippen molar-refractivity contribution >= 4 is 22.6 Å². The molecule has 4 rings (SSSR count). The first-order valence-corrected chi connectivity index (χ1v) is 7.61. The lowest BCUT2D eigenvalue weighted by atomic mass is 10.1. The first-order chi connectivity index (χ1) is 12.1. The number of anilines is 1. The van der Waals surface area contributed by atoms with Crippen LogP contribution >= 0.6 is 0 Å². The number of aromatic amines is 3. The molecule has 0 saturated heterocycles. The molecule has 8 heteroatoms. The summed E-state index contributed by atoms with van der Waals surface area (Å²) >= 11 is 0. The van der Waals surface area contributed by atoms with Crippen molar-refractivity contribution in [3.63, 3.8) is 0 Å². The molecule has 25 heavy (non-hydrogen) atoms. The van der Waals surface area contributed by atoms with E-state index in [9.17, 15) is 9.59 Å². The Morgan fingerprint density at radius 3 is 2.92 bits per heavy atom. The fourth-order valence-electron chi connectivity index (χ4n) is 2.64. The van der Waals surface area contributed by atoms with Crippen LogP contribution in [0.2, 0.25) is 0 Å². The largest absolute Gasteiger partial charge is 0.345 e. The zero-order valence-electron chi connectivity index (χ0n) is 13.3. The molecule has 8 nitrogen and oxygen atoms in total. The summed E-state index contributed by atoms with van der Waals surface area (Å²) in [5.41, 5.74) is 3.03. The lowest BCUT2D eigenvalue weighted by Crippen LogP contribution is -2.12. The van der Waals surface area contributed by atoms with Crippen LogP contribution in [0.15, 0.2) is 47.5 Å². The highest BCUT2D eigenvalue weighted by atomic mass is 16.2. The van der Waals surface area contributed by atoms with Crippen LogP contribution in [0.1, 0.15) is 15.9 Å². The molecule has 0 fully saturated rings. The maximum atomic E-state index is 12.7. The highest BCUT2D eigenvalue weighted by Gasteiger charge is 2.14. The first-order valence-electron chi connectivity index (χ1n) is 7.61. The molecular weight excluding hydrogens is 320 g/mol. The van der Waals surface area contributed by atoms with Crippen LogP contribution in [-0.4, -0.2) is 31.1 Å². The van der Waals surface area contributed by atoms with Crippen molar-refractivity contribution in [3.05, 3.63) is 64.3 Å². The van der Waals surface area contributed by atoms with Gasteiger partial charge in [0, 0.05) is 29.0 Å². The highest BCUT2D eigenvalue weighted by Crippen LogP contribution is 2.24. The SMILES string of the molecule is Cc1ccc(-c2n[nH]c(=O)[nH]2)cc1NC(=O)c1c[nH]c2ncccc12. The molecule has 0 unspecified atom stereocenters. The van der Waals surface area contributed by atoms with Crippen molar-refractivity contribution < 1.29 is 4.79 Å². The summed E-state index contributed by atoms with van der Waals surface area (Å²) in [6, 6.07) is 9.08. The van der Waals surface area contributed by atoms with Crippen molar-refractivity contribution in [2.75, 3.05) is 5.32 Å². The number of nitrogens with zero attached hydrogens (tertiary/aromatic N) is 2. The lowest BCUT2D eigenvalue weighted by molar-refractivity contribution is 0.102. The fraction of sp³-hybridized carbons (Fsp3) is 0.0588. The number of hydrogen-bond donors (Lipinski definition) is 4. The fourth-order valence-corrected chi connectivity index (χ4v) is 2.64. The van der Waals surface area contributed by atoms with Gasteiger partial charge in [-0.25, -0.2) is 14.9 Å². The van der Waals surface area contributed by atoms with Crippen molar-refractivity contribution in [1.82, 2.24) is 25.1 Å². The van der Waals surface area contributed by atoms with Gasteiger partial charge in [0.25, 0.3) is 5.91 Å². The molecule has 0 aliphatic carbocycles. The standard InChI is InChI=1S/C17H14N6O2/c1-9-4-5-10(14-21-17(25)23-22-14)7-13(9)20-16(24)12-8-19-15-11(12)3-2-6-18-15/h2-8H,1H3,(H,18,19)(H,20,24)(H2,21,22,23,25). The summed E-state index contributed by atoms with van der Waals surface area (Å²) in [5, 5.41) is 9.89. The Hall–Kier alpha value is -3.68. The van der Waals surface area contributed by atoms with E-state index in [2.05, 4.69) is 30.5 Å². The predicted molar refractivity (Wildman–Crippen MR) is 93.4 cm³/mol. The summed E-state index contributed by atoms with van der Waals surface area (Å²) in [6.45, 7) is 1.89. The number of aromatic nitrogens is 5. The number of amides is 1. The van der Waals surface area contributed by atoms with Gasteiger partial charge in [0.15, 0.2) is 5.82 Å². The van der Waals surface area contributed by atoms with E-state index in [0.29, 0.717) is 28.3 Å². The second kappa shape index (κ2) is 5.75. The van der Waals surface area contributed by atoms with Crippen molar-refractivity contribution in [1.29, 1.82) is 0 Å². The number of hydrogen-bond acceptors (Lipinski definition) is 4. The molecule has 0 spiro atoms. The molecule has 0 radical (unpaired) electrons. The summed E-state index contributed by atoms with van der Waals surface area (Å²) in [4.78, 5) is 33.6. The van der Waals surface area contributed by atoms with Crippen LogP contribution in [0, 0.1) is 6.92 Å². The van der Waals surface area contributed by atoms with Gasteiger partial charge in [-0.05, 0) is 30.7 Å². The van der Waals surface area contributed by atoms with E-state index in [1.165, 1.54) is 0 Å². The van der Waals surface area contributed by atoms with Gasteiger partial charge in [-0.15, -0.1) is 0 Å². The minimum absolute atomic E-state index is 0.241. The number of H-pyrrole nitrogens is 3. The summed E-state index contributed by atoms with van der Waals surface area (Å²) in [5.74, 6) is 0.173. The Bertz CT molecular complexity index is 1140. The van der Waals surface area contributed by atoms with Crippen LogP contribution in [-0.2, 0) is 0 Å². The van der Waals surface area contributed by atoms with Crippen LogP contribution in [0.3, 0.4) is 0 Å². The monoisotopic (exact) mass is 334 g/mol. The molecule has 3 heterocycles. The number of pyridine rings is 1. The van der Waals surface area contributed by atoms with E-state index in [0.717, 1.165) is 10.9 Å². The molecule has 124 valence electrons. The number of rotatable bonds is 3. The Balaban J connectivity index is 1.68. The number of carbonyl (C=O) groups is 1. The minimum atomic E-state index is -0.382. The maximum absolute atomic E-state index is 12.7. The Morgan fingerprint density at radius 1 is 1.24 bits per heavy atom. The Labute approximate surface area is 141 Å². The molecule has 4 N–H and O–H groups in total. The molecule has 0 saturated carbocycles. The summed E-state index contributed by atoms with van der Waals surface area (Å²) in [6.07, 6.45) is 3.30. The number of fused-ring (bicyclic) bond motifs is 1. The van der Waals surface area contributed by atoms with Gasteiger partial charge < -0.3 is 10.3 Å². The van der Waals surface area contributed by atoms with Crippen LogP contribution in [0.5, 0.6) is 0 Å². The Kier molecular flexibility index (Phi) is 3.42. The van der Waals surface area contributed by atoms with E-state index in [-0.39, 0.29) is 11.6 Å². The highest BCUT2D eigenvalue weighted by molar-refractivity contribution is 6.12. The van der Waals surface area contributed by atoms with Crippen LogP contribution in [0.4, 0.5) is 5.69 Å². The van der Waals surface area contributed by atoms with E-state index in [1.54, 1.807) is 24.5 Å². The van der Waals surface area contributed by atoms with E-state index >= 15 is 0 Å². The van der Waals surface area contributed by atoms with Gasteiger partial charge in [0.05, 0.1) is 5.56 Å². The summed E-state index contributed by atoms with van der Waals surface area (Å²) < 4.78 is 0. The third kappa shape index (κ3) is 2.69. The van der Waals surface area contributed by atoms with Gasteiger partial charge in [-0.2, -0.15) is 5.10 Å². The zero-order chi connectivity index (χ0) is 17.4. The predicted octanol–water partition coefficient (Wildman–Crippen LogP) is 2.20. The molecule has 0 aliphatic rings. The first kappa shape index (κ1) is 14.9. The van der Waals surface area contributed by atoms with Crippen molar-refractivity contribution in [2.24, 2.45) is 0 Å². The van der Waals surface area contributed by atoms with E-state index in [4.69, 9.17) is 0 Å². The minimum Gasteiger partial charge on any atom is -0.345 e. The van der Waals surface area contributed by atoms with Gasteiger partial charge in [0.1, 0.15) is 5.65 Å². The summed E-state index contributed by atoms with van der Waals surface area (Å²) in [7, 11) is 0. The maximum Gasteiger partial charge on any atom is 0.340 e. The quantitative estimate of drug-likeness (QED) is 0.459. The second-order valence-corrected chi connectivity index (χ2v) is 5.61. The molecular formula is C17H14N6O2. The normalized spacial score (nSPS) is 10.9. The average Bonchev–Trinajstić information content (AvgIpc) is 3.23. The molecule has 4 aromatic rings.